The van der Waals surface area contributed by atoms with Crippen LogP contribution in [-0.2, 0) is 10.8 Å². The minimum absolute atomic E-state index is 0.0435. The second-order valence-electron chi connectivity index (χ2n) is 14.8. The van der Waals surface area contributed by atoms with Crippen LogP contribution in [0, 0.1) is 0 Å². The Morgan fingerprint density at radius 1 is 0.805 bits per heavy atom. The molecule has 0 spiro atoms. The van der Waals surface area contributed by atoms with Crippen LogP contribution in [0.1, 0.15) is 49.9 Å². The van der Waals surface area contributed by atoms with Crippen molar-refractivity contribution < 1.29 is 0 Å². The Hall–Kier alpha value is -2.34. The molecule has 0 aliphatic carbocycles. The minimum atomic E-state index is -2.31. The third-order valence-electron chi connectivity index (χ3n) is 12.3. The molecule has 41 heavy (non-hydrogen) atoms. The summed E-state index contributed by atoms with van der Waals surface area (Å²) in [4.78, 5) is 0. The zero-order valence-electron chi connectivity index (χ0n) is 23.7. The molecule has 7 aliphatic rings. The molecule has 4 saturated heterocycles. The number of nitrogens with zero attached hydrogens (tertiary/aromatic N) is 2. The fourth-order valence-corrected chi connectivity index (χ4v) is 19.2. The molecule has 1 aromatic heterocycles. The Morgan fingerprint density at radius 3 is 2.10 bits per heavy atom. The van der Waals surface area contributed by atoms with Crippen molar-refractivity contribution in [3.05, 3.63) is 89.0 Å². The third-order valence-corrected chi connectivity index (χ3v) is 20.8. The van der Waals surface area contributed by atoms with Crippen LogP contribution in [0.25, 0.3) is 27.5 Å². The van der Waals surface area contributed by atoms with Gasteiger partial charge in [-0.2, -0.15) is 0 Å². The molecule has 0 unspecified atom stereocenters. The van der Waals surface area contributed by atoms with E-state index in [1.807, 2.05) is 0 Å². The van der Waals surface area contributed by atoms with E-state index in [0.717, 1.165) is 12.4 Å². The molecule has 0 atom stereocenters. The summed E-state index contributed by atoms with van der Waals surface area (Å²) in [5, 5.41) is 4.50. The number of fused-ring (bicyclic) bond motifs is 6. The molecule has 5 radical (unpaired) electrons. The Labute approximate surface area is 245 Å². The summed E-state index contributed by atoms with van der Waals surface area (Å²) in [5.41, 5.74) is 14.8. The van der Waals surface area contributed by atoms with Gasteiger partial charge >= 0.3 is 246 Å². The summed E-state index contributed by atoms with van der Waals surface area (Å²) in [7, 11) is 2.41. The Balaban J connectivity index is 1.29. The van der Waals surface area contributed by atoms with E-state index in [1.165, 1.54) is 55.2 Å². The topological polar surface area (TPSA) is 17.3 Å². The van der Waals surface area contributed by atoms with E-state index in [-0.39, 0.29) is 18.3 Å². The molecule has 12 rings (SSSR count). The molecule has 2 nitrogen and oxygen atoms in total. The SMILES string of the molecule is CC1(C)c2cccc3c2B2c4c1cccc4C(C)(C)c1ccc4c5c(P67(N=[P+]8B9[B-]B98)[B]B6[B-]7)cccc5n-3c4c12. The van der Waals surface area contributed by atoms with Crippen LogP contribution in [0.15, 0.2) is 71.2 Å². The fraction of sp³-hybridized carbons (Fsp3) is 0.200. The van der Waals surface area contributed by atoms with E-state index < -0.39 is 6.39 Å². The number of hydrogen-bond acceptors (Lipinski definition) is 1. The van der Waals surface area contributed by atoms with Crippen molar-refractivity contribution in [2.75, 3.05) is 0 Å². The monoisotopic (exact) mass is 550 g/mol. The number of aromatic nitrogens is 1. The Bertz CT molecular complexity index is 2240. The summed E-state index contributed by atoms with van der Waals surface area (Å²) in [6.07, 6.45) is 0.0519. The molecule has 0 bridgehead atoms. The van der Waals surface area contributed by atoms with Gasteiger partial charge in [-0.3, -0.25) is 0 Å². The summed E-state index contributed by atoms with van der Waals surface area (Å²) >= 11 is 0. The van der Waals surface area contributed by atoms with Crippen molar-refractivity contribution in [3.8, 4) is 5.69 Å². The number of rotatable bonds is 2. The number of hydrogen-bond donors (Lipinski definition) is 0. The first-order valence-corrected chi connectivity index (χ1v) is 19.1. The van der Waals surface area contributed by atoms with Crippen LogP contribution in [0.3, 0.4) is 0 Å². The van der Waals surface area contributed by atoms with E-state index in [4.69, 9.17) is 4.52 Å². The predicted molar refractivity (Wildman–Crippen MR) is 187 cm³/mol. The molecule has 8 heterocycles. The van der Waals surface area contributed by atoms with Gasteiger partial charge in [-0.15, -0.1) is 0 Å². The van der Waals surface area contributed by atoms with Crippen LogP contribution < -0.4 is 21.7 Å². The van der Waals surface area contributed by atoms with Crippen LogP contribution in [-0.4, -0.2) is 50.8 Å². The van der Waals surface area contributed by atoms with E-state index in [2.05, 4.69) is 120 Å². The average Bonchev–Trinajstić information content (AvgIpc) is 3.87. The van der Waals surface area contributed by atoms with E-state index in [1.54, 1.807) is 16.2 Å². The van der Waals surface area contributed by atoms with Crippen molar-refractivity contribution in [2.24, 2.45) is 4.52 Å². The summed E-state index contributed by atoms with van der Waals surface area (Å²) in [6, 6.07) is 26.5. The predicted octanol–water partition coefficient (Wildman–Crippen LogP) is 3.69. The molecule has 0 saturated carbocycles. The van der Waals surface area contributed by atoms with Crippen molar-refractivity contribution in [1.82, 2.24) is 4.57 Å². The van der Waals surface area contributed by atoms with Gasteiger partial charge in [0.2, 0.25) is 0 Å². The van der Waals surface area contributed by atoms with Gasteiger partial charge in [0, 0.05) is 0 Å². The Morgan fingerprint density at radius 2 is 1.44 bits per heavy atom. The zero-order chi connectivity index (χ0) is 27.0. The first kappa shape index (κ1) is 22.2. The van der Waals surface area contributed by atoms with Crippen molar-refractivity contribution in [3.63, 3.8) is 0 Å². The summed E-state index contributed by atoms with van der Waals surface area (Å²) in [6.45, 7) is 15.4. The van der Waals surface area contributed by atoms with Crippen molar-refractivity contribution >= 4 is 104 Å². The molecule has 0 N–H and O–H groups in total. The third kappa shape index (κ3) is 2.11. The molecule has 5 aromatic rings. The van der Waals surface area contributed by atoms with Gasteiger partial charge in [0.05, 0.1) is 0 Å². The van der Waals surface area contributed by atoms with Gasteiger partial charge in [-0.05, 0) is 0 Å². The number of benzene rings is 4. The van der Waals surface area contributed by atoms with Gasteiger partial charge < -0.3 is 0 Å². The molecular formula is C30H23B7N2P2-. The molecular weight excluding hydrogens is 526 g/mol. The second-order valence-corrected chi connectivity index (χ2v) is 21.7. The molecule has 11 heteroatoms. The van der Waals surface area contributed by atoms with Crippen LogP contribution in [0.4, 0.5) is 0 Å². The molecule has 0 amide bonds. The van der Waals surface area contributed by atoms with Gasteiger partial charge in [0.1, 0.15) is 0 Å². The van der Waals surface area contributed by atoms with E-state index >= 15 is 0 Å². The van der Waals surface area contributed by atoms with Crippen molar-refractivity contribution in [2.45, 2.75) is 38.5 Å². The zero-order valence-corrected chi connectivity index (χ0v) is 25.5. The summed E-state index contributed by atoms with van der Waals surface area (Å²) < 4.78 is 8.49. The van der Waals surface area contributed by atoms with Crippen LogP contribution in [0.5, 0.6) is 0 Å². The molecule has 4 fully saturated rings. The first-order valence-electron chi connectivity index (χ1n) is 15.3. The molecule has 4 aromatic carbocycles. The van der Waals surface area contributed by atoms with Gasteiger partial charge in [0.15, 0.2) is 0 Å². The quantitative estimate of drug-likeness (QED) is 0.232. The van der Waals surface area contributed by atoms with Crippen molar-refractivity contribution in [1.29, 1.82) is 0 Å². The first-order chi connectivity index (χ1) is 19.8. The summed E-state index contributed by atoms with van der Waals surface area (Å²) in [5.74, 6) is 0. The van der Waals surface area contributed by atoms with Gasteiger partial charge in [-0.25, -0.2) is 0 Å². The van der Waals surface area contributed by atoms with E-state index in [9.17, 15) is 0 Å². The maximum absolute atomic E-state index is 5.81. The standard InChI is InChI=1S/C30H23B7N2P2/c1-29(2)17-8-5-9-18-25(17)34-26-19(29)10-6-12-22(26)39-21-11-7-13-23(41(32-35(41)33-41)38-40-36-31-37(36)40)24(21)16-14-15-20(30(18,3)4)27(34)28(16)39/h5-15H,1-4H3/q-1. The second kappa shape index (κ2) is 6.03. The van der Waals surface area contributed by atoms with Crippen LogP contribution in [0.2, 0.25) is 0 Å². The Kier molecular flexibility index (Phi) is 3.27. The maximum atomic E-state index is 5.81. The van der Waals surface area contributed by atoms with Gasteiger partial charge in [-0.1, -0.05) is 0 Å². The van der Waals surface area contributed by atoms with Crippen LogP contribution >= 0.6 is 13.9 Å². The normalized spacial score (nSPS) is 24.3. The fourth-order valence-electron chi connectivity index (χ4n) is 9.80. The van der Waals surface area contributed by atoms with Gasteiger partial charge in [0.25, 0.3) is 0 Å². The molecule has 185 valence electrons. The van der Waals surface area contributed by atoms with E-state index in [0.29, 0.717) is 12.9 Å². The molecule has 7 aliphatic heterocycles. The average molecular weight is 549 g/mol.